The second kappa shape index (κ2) is 11.4. The van der Waals surface area contributed by atoms with Gasteiger partial charge in [-0.25, -0.2) is 4.98 Å². The van der Waals surface area contributed by atoms with E-state index in [1.54, 1.807) is 23.5 Å². The Balaban J connectivity index is 1.27. The van der Waals surface area contributed by atoms with Crippen molar-refractivity contribution in [3.8, 4) is 17.3 Å². The Morgan fingerprint density at radius 2 is 1.92 bits per heavy atom. The molecule has 2 amide bonds. The van der Waals surface area contributed by atoms with Gasteiger partial charge in [0.05, 0.1) is 17.7 Å². The summed E-state index contributed by atoms with van der Waals surface area (Å²) in [5.74, 6) is -1.34. The third-order valence-electron chi connectivity index (χ3n) is 7.65. The molecule has 0 aliphatic carbocycles. The molecule has 0 spiro atoms. The smallest absolute Gasteiger partial charge is 0.251 e. The predicted molar refractivity (Wildman–Crippen MR) is 147 cm³/mol. The summed E-state index contributed by atoms with van der Waals surface area (Å²) in [6, 6.07) is 7.80. The zero-order valence-corrected chi connectivity index (χ0v) is 23.3. The second-order valence-corrected chi connectivity index (χ2v) is 11.8. The highest BCUT2D eigenvalue weighted by atomic mass is 32.1. The topological polar surface area (TPSA) is 119 Å². The summed E-state index contributed by atoms with van der Waals surface area (Å²) < 4.78 is 5.51. The minimum absolute atomic E-state index is 0.0965. The van der Waals surface area contributed by atoms with Gasteiger partial charge in [-0.3, -0.25) is 14.4 Å². The minimum atomic E-state index is -0.812. The van der Waals surface area contributed by atoms with Gasteiger partial charge in [0.15, 0.2) is 10.9 Å². The number of likely N-dealkylation sites (tertiary alicyclic amines) is 1. The van der Waals surface area contributed by atoms with Gasteiger partial charge in [0.25, 0.3) is 5.91 Å². The van der Waals surface area contributed by atoms with Crippen LogP contribution in [-0.4, -0.2) is 96.9 Å². The quantitative estimate of drug-likeness (QED) is 0.556. The molecule has 4 atom stereocenters. The zero-order valence-electron chi connectivity index (χ0n) is 22.5. The van der Waals surface area contributed by atoms with Crippen LogP contribution in [0.5, 0.6) is 0 Å². The van der Waals surface area contributed by atoms with Crippen LogP contribution in [0.1, 0.15) is 30.6 Å². The van der Waals surface area contributed by atoms with E-state index < -0.39 is 24.1 Å². The highest BCUT2D eigenvalue weighted by molar-refractivity contribution is 7.14. The normalized spacial score (nSPS) is 24.1. The third kappa shape index (κ3) is 5.69. The first-order valence-electron chi connectivity index (χ1n) is 13.4. The Bertz CT molecular complexity index is 1260. The number of carbonyl (C=O) groups is 3. The lowest BCUT2D eigenvalue weighted by Crippen LogP contribution is -2.52. The average Bonchev–Trinajstić information content (AvgIpc) is 3.65. The molecular weight excluding hydrogens is 516 g/mol. The molecule has 0 radical (unpaired) electrons. The highest BCUT2D eigenvalue weighted by Gasteiger charge is 2.53. The molecule has 11 heteroatoms. The third-order valence-corrected chi connectivity index (χ3v) is 8.55. The van der Waals surface area contributed by atoms with Gasteiger partial charge >= 0.3 is 0 Å². The van der Waals surface area contributed by atoms with Crippen molar-refractivity contribution in [2.75, 3.05) is 51.3 Å². The van der Waals surface area contributed by atoms with Crippen LogP contribution in [0, 0.1) is 23.2 Å². The number of Topliss-reactive ketones (excluding diaryl/α,β-unsaturated/α-hetero) is 1. The SMILES string of the molecule is CC(C)CC(NC(=O)c1ccc(-c2csc(N3CCN(C)CC3)n2)cc1)C(=O)N1C[C@@H](C#N)[C@H]2OCC(=O)[C@H]21. The van der Waals surface area contributed by atoms with Crippen LogP contribution in [-0.2, 0) is 14.3 Å². The van der Waals surface area contributed by atoms with Crippen molar-refractivity contribution in [2.45, 2.75) is 38.5 Å². The number of aromatic nitrogens is 1. The van der Waals surface area contributed by atoms with Crippen LogP contribution in [0.4, 0.5) is 5.13 Å². The Labute approximate surface area is 232 Å². The molecule has 3 saturated heterocycles. The number of ether oxygens (including phenoxy) is 1. The number of nitrogens with zero attached hydrogens (tertiary/aromatic N) is 5. The fourth-order valence-electron chi connectivity index (χ4n) is 5.46. The summed E-state index contributed by atoms with van der Waals surface area (Å²) in [6.45, 7) is 7.91. The van der Waals surface area contributed by atoms with E-state index in [9.17, 15) is 19.6 Å². The van der Waals surface area contributed by atoms with Crippen molar-refractivity contribution in [1.29, 1.82) is 5.26 Å². The molecule has 4 heterocycles. The van der Waals surface area contributed by atoms with Crippen LogP contribution in [0.15, 0.2) is 29.6 Å². The number of piperazine rings is 1. The van der Waals surface area contributed by atoms with Crippen molar-refractivity contribution in [3.63, 3.8) is 0 Å². The van der Waals surface area contributed by atoms with Crippen molar-refractivity contribution in [2.24, 2.45) is 11.8 Å². The van der Waals surface area contributed by atoms with Crippen LogP contribution >= 0.6 is 11.3 Å². The lowest BCUT2D eigenvalue weighted by molar-refractivity contribution is -0.138. The molecule has 39 heavy (non-hydrogen) atoms. The van der Waals surface area contributed by atoms with Gasteiger partial charge in [-0.2, -0.15) is 5.26 Å². The lowest BCUT2D eigenvalue weighted by atomic mass is 10.0. The lowest BCUT2D eigenvalue weighted by Gasteiger charge is -2.32. The van der Waals surface area contributed by atoms with Gasteiger partial charge in [0, 0.05) is 49.2 Å². The fraction of sp³-hybridized carbons (Fsp3) is 0.536. The van der Waals surface area contributed by atoms with Gasteiger partial charge in [-0.15, -0.1) is 11.3 Å². The summed E-state index contributed by atoms with van der Waals surface area (Å²) in [7, 11) is 2.13. The summed E-state index contributed by atoms with van der Waals surface area (Å²) in [6.07, 6.45) is -0.187. The average molecular weight is 551 g/mol. The Kier molecular flexibility index (Phi) is 7.98. The summed E-state index contributed by atoms with van der Waals surface area (Å²) in [4.78, 5) is 50.1. The number of likely N-dealkylation sites (N-methyl/N-ethyl adjacent to an activating group) is 1. The van der Waals surface area contributed by atoms with Gasteiger partial charge < -0.3 is 24.8 Å². The standard InChI is InChI=1S/C28H34N6O4S/c1-17(2)12-21(27(37)34-14-20(13-29)25-24(34)23(35)15-38-25)30-26(36)19-6-4-18(5-7-19)22-16-39-28(31-22)33-10-8-32(3)9-11-33/h4-7,16-17,20-21,24-25H,8-12,14-15H2,1-3H3,(H,30,36)/t20-,21?,24-,25-/m1/s1. The number of ketones is 1. The number of nitriles is 1. The number of thiazole rings is 1. The van der Waals surface area contributed by atoms with Crippen LogP contribution in [0.25, 0.3) is 11.3 Å². The number of rotatable bonds is 7. The number of benzene rings is 1. The van der Waals surface area contributed by atoms with E-state index in [1.165, 1.54) is 4.90 Å². The number of hydrogen-bond donors (Lipinski definition) is 1. The van der Waals surface area contributed by atoms with E-state index in [2.05, 4.69) is 28.2 Å². The van der Waals surface area contributed by atoms with E-state index in [-0.39, 0.29) is 36.7 Å². The molecule has 2 aromatic rings. The van der Waals surface area contributed by atoms with E-state index >= 15 is 0 Å². The van der Waals surface area contributed by atoms with E-state index in [4.69, 9.17) is 9.72 Å². The molecule has 0 bridgehead atoms. The van der Waals surface area contributed by atoms with Gasteiger partial charge in [-0.05, 0) is 31.5 Å². The van der Waals surface area contributed by atoms with Gasteiger partial charge in [0.2, 0.25) is 5.91 Å². The van der Waals surface area contributed by atoms with Crippen molar-refractivity contribution in [1.82, 2.24) is 20.1 Å². The number of carbonyl (C=O) groups excluding carboxylic acids is 3. The maximum Gasteiger partial charge on any atom is 0.251 e. The number of amides is 2. The molecule has 5 rings (SSSR count). The summed E-state index contributed by atoms with van der Waals surface area (Å²) in [5, 5.41) is 15.4. The molecule has 3 fully saturated rings. The van der Waals surface area contributed by atoms with Crippen LogP contribution in [0.2, 0.25) is 0 Å². The fourth-order valence-corrected chi connectivity index (χ4v) is 6.35. The summed E-state index contributed by atoms with van der Waals surface area (Å²) >= 11 is 1.62. The van der Waals surface area contributed by atoms with Crippen molar-refractivity contribution >= 4 is 34.1 Å². The van der Waals surface area contributed by atoms with E-state index in [0.717, 1.165) is 42.6 Å². The molecule has 1 aromatic carbocycles. The molecule has 1 unspecified atom stereocenters. The van der Waals surface area contributed by atoms with E-state index in [1.807, 2.05) is 31.4 Å². The van der Waals surface area contributed by atoms with Crippen molar-refractivity contribution in [3.05, 3.63) is 35.2 Å². The van der Waals surface area contributed by atoms with Crippen LogP contribution in [0.3, 0.4) is 0 Å². The molecule has 1 aromatic heterocycles. The zero-order chi connectivity index (χ0) is 27.7. The minimum Gasteiger partial charge on any atom is -0.366 e. The van der Waals surface area contributed by atoms with Gasteiger partial charge in [-0.1, -0.05) is 26.0 Å². The van der Waals surface area contributed by atoms with Crippen molar-refractivity contribution < 1.29 is 19.1 Å². The molecule has 0 saturated carbocycles. The molecule has 3 aliphatic heterocycles. The number of anilines is 1. The first-order valence-corrected chi connectivity index (χ1v) is 14.3. The maximum absolute atomic E-state index is 13.6. The molecule has 1 N–H and O–H groups in total. The Hall–Kier alpha value is -3.33. The highest BCUT2D eigenvalue weighted by Crippen LogP contribution is 2.32. The summed E-state index contributed by atoms with van der Waals surface area (Å²) in [5.41, 5.74) is 2.22. The first-order chi connectivity index (χ1) is 18.7. The van der Waals surface area contributed by atoms with E-state index in [0.29, 0.717) is 12.0 Å². The second-order valence-electron chi connectivity index (χ2n) is 11.0. The predicted octanol–water partition coefficient (Wildman–Crippen LogP) is 2.02. The molecule has 3 aliphatic rings. The number of fused-ring (bicyclic) bond motifs is 1. The molecule has 10 nitrogen and oxygen atoms in total. The first kappa shape index (κ1) is 27.2. The number of nitrogens with one attached hydrogen (secondary N) is 1. The Morgan fingerprint density at radius 3 is 2.59 bits per heavy atom. The molecular formula is C28H34N6O4S. The monoisotopic (exact) mass is 550 g/mol. The molecule has 206 valence electrons. The maximum atomic E-state index is 13.6. The van der Waals surface area contributed by atoms with Gasteiger partial charge in [0.1, 0.15) is 24.8 Å². The number of hydrogen-bond acceptors (Lipinski definition) is 9. The largest absolute Gasteiger partial charge is 0.366 e. The Morgan fingerprint density at radius 1 is 1.21 bits per heavy atom. The van der Waals surface area contributed by atoms with Crippen LogP contribution < -0.4 is 10.2 Å².